The van der Waals surface area contributed by atoms with Crippen LogP contribution in [0.5, 0.6) is 0 Å². The van der Waals surface area contributed by atoms with Crippen LogP contribution in [0.4, 0.5) is 0 Å². The maximum atomic E-state index is 11.2. The Hall–Kier alpha value is -1.77. The number of hydrogen-bond acceptors (Lipinski definition) is 1. The molecular weight excluding hydrogens is 202 g/mol. The number of nitrogens with one attached hydrogen (secondary N) is 1. The molecule has 1 unspecified atom stereocenters. The van der Waals surface area contributed by atoms with Gasteiger partial charge in [0.2, 0.25) is 0 Å². The zero-order valence-electron chi connectivity index (χ0n) is 9.40. The molecule has 0 radical (unpaired) electrons. The lowest BCUT2D eigenvalue weighted by Crippen LogP contribution is -2.17. The molecule has 0 aliphatic heterocycles. The smallest absolute Gasteiger partial charge is 0.311 e. The first-order valence-corrected chi connectivity index (χ1v) is 5.39. The largest absolute Gasteiger partial charge is 0.481 e. The molecule has 2 aromatic rings. The van der Waals surface area contributed by atoms with Crippen molar-refractivity contribution in [3.05, 3.63) is 36.0 Å². The molecule has 0 fully saturated rings. The second-order valence-corrected chi connectivity index (χ2v) is 4.38. The van der Waals surface area contributed by atoms with Gasteiger partial charge in [0.05, 0.1) is 5.92 Å². The number of H-pyrrole nitrogens is 1. The van der Waals surface area contributed by atoms with Gasteiger partial charge >= 0.3 is 5.97 Å². The normalized spacial score (nSPS) is 13.2. The van der Waals surface area contributed by atoms with E-state index in [4.69, 9.17) is 0 Å². The summed E-state index contributed by atoms with van der Waals surface area (Å²) in [7, 11) is 0. The van der Waals surface area contributed by atoms with E-state index >= 15 is 0 Å². The number of hydrogen-bond donors (Lipinski definition) is 2. The maximum absolute atomic E-state index is 11.2. The fraction of sp³-hybridized carbons (Fsp3) is 0.308. The minimum atomic E-state index is -0.759. The first-order chi connectivity index (χ1) is 7.59. The van der Waals surface area contributed by atoms with E-state index in [0.717, 1.165) is 16.5 Å². The van der Waals surface area contributed by atoms with Gasteiger partial charge in [0.15, 0.2) is 0 Å². The third kappa shape index (κ3) is 1.81. The molecule has 0 aliphatic rings. The molecule has 3 heteroatoms. The van der Waals surface area contributed by atoms with Gasteiger partial charge in [-0.3, -0.25) is 4.79 Å². The van der Waals surface area contributed by atoms with E-state index in [2.05, 4.69) is 4.98 Å². The van der Waals surface area contributed by atoms with Crippen molar-refractivity contribution >= 4 is 16.9 Å². The maximum Gasteiger partial charge on any atom is 0.311 e. The van der Waals surface area contributed by atoms with Crippen LogP contribution in [-0.2, 0) is 4.79 Å². The number of carboxylic acid groups (broad SMARTS) is 1. The number of aromatic amines is 1. The summed E-state index contributed by atoms with van der Waals surface area (Å²) in [5.41, 5.74) is 1.91. The third-order valence-corrected chi connectivity index (χ3v) is 2.87. The molecule has 1 atom stereocenters. The van der Waals surface area contributed by atoms with Gasteiger partial charge in [-0.15, -0.1) is 0 Å². The van der Waals surface area contributed by atoms with Gasteiger partial charge in [0, 0.05) is 11.7 Å². The second-order valence-electron chi connectivity index (χ2n) is 4.38. The summed E-state index contributed by atoms with van der Waals surface area (Å²) in [6.45, 7) is 3.86. The van der Waals surface area contributed by atoms with Crippen LogP contribution in [0.25, 0.3) is 10.9 Å². The van der Waals surface area contributed by atoms with Gasteiger partial charge in [-0.2, -0.15) is 0 Å². The van der Waals surface area contributed by atoms with E-state index < -0.39 is 11.9 Å². The number of fused-ring (bicyclic) bond motifs is 1. The van der Waals surface area contributed by atoms with E-state index in [-0.39, 0.29) is 5.92 Å². The molecule has 0 spiro atoms. The van der Waals surface area contributed by atoms with E-state index in [0.29, 0.717) is 0 Å². The fourth-order valence-electron chi connectivity index (χ4n) is 2.08. The van der Waals surface area contributed by atoms with E-state index in [1.54, 1.807) is 0 Å². The summed E-state index contributed by atoms with van der Waals surface area (Å²) in [5, 5.41) is 10.3. The number of carbonyl (C=O) groups is 1. The van der Waals surface area contributed by atoms with Crippen LogP contribution in [-0.4, -0.2) is 16.1 Å². The summed E-state index contributed by atoms with van der Waals surface area (Å²) >= 11 is 0. The molecule has 0 saturated carbocycles. The van der Waals surface area contributed by atoms with Crippen molar-refractivity contribution in [3.8, 4) is 0 Å². The lowest BCUT2D eigenvalue weighted by Gasteiger charge is -2.16. The topological polar surface area (TPSA) is 53.1 Å². The quantitative estimate of drug-likeness (QED) is 0.830. The van der Waals surface area contributed by atoms with Crippen LogP contribution >= 0.6 is 0 Å². The first-order valence-electron chi connectivity index (χ1n) is 5.39. The van der Waals surface area contributed by atoms with Crippen molar-refractivity contribution in [2.75, 3.05) is 0 Å². The minimum Gasteiger partial charge on any atom is -0.481 e. The predicted octanol–water partition coefficient (Wildman–Crippen LogP) is 2.99. The lowest BCUT2D eigenvalue weighted by atomic mass is 9.88. The van der Waals surface area contributed by atoms with Crippen LogP contribution in [0.1, 0.15) is 25.3 Å². The molecule has 0 bridgehead atoms. The third-order valence-electron chi connectivity index (χ3n) is 2.87. The Morgan fingerprint density at radius 2 is 2.06 bits per heavy atom. The highest BCUT2D eigenvalue weighted by Crippen LogP contribution is 2.27. The zero-order chi connectivity index (χ0) is 11.7. The number of carboxylic acids is 1. The van der Waals surface area contributed by atoms with Gasteiger partial charge in [-0.25, -0.2) is 0 Å². The van der Waals surface area contributed by atoms with Gasteiger partial charge in [0.1, 0.15) is 0 Å². The van der Waals surface area contributed by atoms with Crippen LogP contribution in [0.2, 0.25) is 0 Å². The molecule has 0 aliphatic carbocycles. The predicted molar refractivity (Wildman–Crippen MR) is 63.5 cm³/mol. The standard InChI is InChI=1S/C13H15NO2/c1-8(2)12(13(15)16)10-3-4-11-9(7-10)5-6-14-11/h3-8,12,14H,1-2H3,(H,15,16). The molecule has 0 amide bonds. The van der Waals surface area contributed by atoms with E-state index in [9.17, 15) is 9.90 Å². The Morgan fingerprint density at radius 1 is 1.31 bits per heavy atom. The summed E-state index contributed by atoms with van der Waals surface area (Å²) in [5.74, 6) is -1.10. The molecule has 84 valence electrons. The Bertz CT molecular complexity index is 513. The van der Waals surface area contributed by atoms with Crippen molar-refractivity contribution in [2.24, 2.45) is 5.92 Å². The van der Waals surface area contributed by atoms with Crippen molar-refractivity contribution in [1.82, 2.24) is 4.98 Å². The Labute approximate surface area is 94.1 Å². The molecule has 0 saturated heterocycles. The van der Waals surface area contributed by atoms with Crippen LogP contribution in [0.3, 0.4) is 0 Å². The van der Waals surface area contributed by atoms with Crippen molar-refractivity contribution in [1.29, 1.82) is 0 Å². The molecule has 3 nitrogen and oxygen atoms in total. The summed E-state index contributed by atoms with van der Waals surface area (Å²) in [4.78, 5) is 14.3. The summed E-state index contributed by atoms with van der Waals surface area (Å²) in [6, 6.07) is 7.73. The number of rotatable bonds is 3. The van der Waals surface area contributed by atoms with E-state index in [1.165, 1.54) is 0 Å². The van der Waals surface area contributed by atoms with E-state index in [1.807, 2.05) is 44.3 Å². The lowest BCUT2D eigenvalue weighted by molar-refractivity contribution is -0.139. The van der Waals surface area contributed by atoms with Crippen molar-refractivity contribution in [3.63, 3.8) is 0 Å². The second kappa shape index (κ2) is 4.00. The van der Waals surface area contributed by atoms with Crippen LogP contribution in [0.15, 0.2) is 30.5 Å². The Kier molecular flexibility index (Phi) is 2.69. The molecular formula is C13H15NO2. The highest BCUT2D eigenvalue weighted by atomic mass is 16.4. The number of benzene rings is 1. The SMILES string of the molecule is CC(C)C(C(=O)O)c1ccc2[nH]ccc2c1. The monoisotopic (exact) mass is 217 g/mol. The van der Waals surface area contributed by atoms with Crippen molar-refractivity contribution < 1.29 is 9.90 Å². The van der Waals surface area contributed by atoms with Gasteiger partial charge in [0.25, 0.3) is 0 Å². The highest BCUT2D eigenvalue weighted by Gasteiger charge is 2.23. The molecule has 2 N–H and O–H groups in total. The summed E-state index contributed by atoms with van der Waals surface area (Å²) in [6.07, 6.45) is 1.86. The molecule has 1 heterocycles. The molecule has 1 aromatic carbocycles. The molecule has 1 aromatic heterocycles. The van der Waals surface area contributed by atoms with Gasteiger partial charge < -0.3 is 10.1 Å². The first kappa shape index (κ1) is 10.7. The molecule has 16 heavy (non-hydrogen) atoms. The van der Waals surface area contributed by atoms with Crippen molar-refractivity contribution in [2.45, 2.75) is 19.8 Å². The van der Waals surface area contributed by atoms with Gasteiger partial charge in [-0.05, 0) is 35.1 Å². The average molecular weight is 217 g/mol. The van der Waals surface area contributed by atoms with Crippen LogP contribution < -0.4 is 0 Å². The Balaban J connectivity index is 2.48. The Morgan fingerprint density at radius 3 is 2.69 bits per heavy atom. The molecule has 2 rings (SSSR count). The summed E-state index contributed by atoms with van der Waals surface area (Å²) < 4.78 is 0. The van der Waals surface area contributed by atoms with Gasteiger partial charge in [-0.1, -0.05) is 19.9 Å². The highest BCUT2D eigenvalue weighted by molar-refractivity contribution is 5.83. The zero-order valence-corrected chi connectivity index (χ0v) is 9.40. The fourth-order valence-corrected chi connectivity index (χ4v) is 2.08. The van der Waals surface area contributed by atoms with Crippen LogP contribution in [0, 0.1) is 5.92 Å². The number of aliphatic carboxylic acids is 1. The number of aromatic nitrogens is 1. The average Bonchev–Trinajstić information content (AvgIpc) is 2.63. The minimum absolute atomic E-state index is 0.0916.